The van der Waals surface area contributed by atoms with E-state index in [1.165, 1.54) is 4.90 Å². The van der Waals surface area contributed by atoms with Gasteiger partial charge in [-0.2, -0.15) is 5.10 Å². The number of aromatic nitrogens is 3. The molecule has 9 heteroatoms. The van der Waals surface area contributed by atoms with E-state index in [4.69, 9.17) is 0 Å². The lowest BCUT2D eigenvalue weighted by Crippen LogP contribution is -2.51. The van der Waals surface area contributed by atoms with Crippen molar-refractivity contribution >= 4 is 23.4 Å². The topological polar surface area (TPSA) is 100 Å². The van der Waals surface area contributed by atoms with Crippen LogP contribution in [0.4, 0.5) is 5.69 Å². The summed E-state index contributed by atoms with van der Waals surface area (Å²) in [6.45, 7) is 0.191. The molecule has 3 aromatic rings. The second-order valence-electron chi connectivity index (χ2n) is 7.52. The molecule has 0 saturated heterocycles. The second-order valence-corrected chi connectivity index (χ2v) is 7.52. The van der Waals surface area contributed by atoms with Gasteiger partial charge in [-0.1, -0.05) is 30.3 Å². The van der Waals surface area contributed by atoms with Gasteiger partial charge in [-0.05, 0) is 18.2 Å². The summed E-state index contributed by atoms with van der Waals surface area (Å²) in [5.74, 6) is -0.122. The maximum absolute atomic E-state index is 13.3. The molecule has 0 radical (unpaired) electrons. The molecule has 5 rings (SSSR count). The average molecular weight is 416 g/mol. The summed E-state index contributed by atoms with van der Waals surface area (Å²) in [5.41, 5.74) is 2.24. The summed E-state index contributed by atoms with van der Waals surface area (Å²) in [6.07, 6.45) is 1.44. The van der Waals surface area contributed by atoms with Gasteiger partial charge in [-0.3, -0.25) is 24.0 Å². The van der Waals surface area contributed by atoms with Crippen molar-refractivity contribution in [2.75, 3.05) is 18.0 Å². The molecule has 0 aliphatic carbocycles. The fraction of sp³-hybridized carbons (Fsp3) is 0.227. The van der Waals surface area contributed by atoms with Crippen molar-refractivity contribution in [1.82, 2.24) is 25.0 Å². The Hall–Kier alpha value is -4.01. The molecular weight excluding hydrogens is 396 g/mol. The highest BCUT2D eigenvalue weighted by Gasteiger charge is 2.47. The van der Waals surface area contributed by atoms with E-state index >= 15 is 0 Å². The van der Waals surface area contributed by atoms with Gasteiger partial charge in [0.05, 0.1) is 11.3 Å². The van der Waals surface area contributed by atoms with Crippen LogP contribution in [0.15, 0.2) is 54.9 Å². The predicted molar refractivity (Wildman–Crippen MR) is 111 cm³/mol. The quantitative estimate of drug-likeness (QED) is 0.676. The fourth-order valence-electron chi connectivity index (χ4n) is 4.16. The van der Waals surface area contributed by atoms with Crippen molar-refractivity contribution in [2.24, 2.45) is 7.05 Å². The SMILES string of the molecule is Cn1cnc(CCNC(=O)CN2C(=O)c3ccccc3N3C(=O)c4ccccc4[C@H]23)n1. The average Bonchev–Trinajstić information content (AvgIpc) is 3.32. The second kappa shape index (κ2) is 7.35. The number of rotatable bonds is 5. The van der Waals surface area contributed by atoms with Crippen molar-refractivity contribution in [2.45, 2.75) is 12.6 Å². The first-order chi connectivity index (χ1) is 15.0. The van der Waals surface area contributed by atoms with Crippen molar-refractivity contribution in [3.8, 4) is 0 Å². The van der Waals surface area contributed by atoms with Crippen LogP contribution in [0.3, 0.4) is 0 Å². The first kappa shape index (κ1) is 19.0. The molecule has 9 nitrogen and oxygen atoms in total. The smallest absolute Gasteiger partial charge is 0.260 e. The summed E-state index contributed by atoms with van der Waals surface area (Å²) < 4.78 is 1.60. The number of carbonyl (C=O) groups is 3. The summed E-state index contributed by atoms with van der Waals surface area (Å²) in [5, 5.41) is 7.00. The molecule has 2 aliphatic rings. The highest BCUT2D eigenvalue weighted by Crippen LogP contribution is 2.44. The van der Waals surface area contributed by atoms with E-state index < -0.39 is 6.17 Å². The fourth-order valence-corrected chi connectivity index (χ4v) is 4.16. The minimum Gasteiger partial charge on any atom is -0.354 e. The molecule has 0 unspecified atom stereocenters. The molecule has 0 spiro atoms. The van der Waals surface area contributed by atoms with Crippen molar-refractivity contribution in [1.29, 1.82) is 0 Å². The standard InChI is InChI=1S/C22H20N6O3/c1-26-13-24-18(25-26)10-11-23-19(29)12-27-20-14-6-2-3-7-15(14)22(31)28(20)17-9-5-4-8-16(17)21(27)30/h2-9,13,20H,10-12H2,1H3,(H,23,29)/t20-/m1/s1. The van der Waals surface area contributed by atoms with Crippen LogP contribution in [0.2, 0.25) is 0 Å². The minimum absolute atomic E-state index is 0.161. The van der Waals surface area contributed by atoms with Gasteiger partial charge in [-0.15, -0.1) is 0 Å². The molecule has 0 saturated carbocycles. The van der Waals surface area contributed by atoms with Crippen molar-refractivity contribution < 1.29 is 14.4 Å². The molecule has 3 amide bonds. The van der Waals surface area contributed by atoms with Crippen LogP contribution in [-0.2, 0) is 18.3 Å². The number of para-hydroxylation sites is 1. The molecule has 2 aliphatic heterocycles. The summed E-state index contributed by atoms with van der Waals surface area (Å²) in [7, 11) is 1.78. The summed E-state index contributed by atoms with van der Waals surface area (Å²) in [4.78, 5) is 46.3. The number of hydrogen-bond acceptors (Lipinski definition) is 5. The number of carbonyl (C=O) groups excluding carboxylic acids is 3. The normalized spacial score (nSPS) is 16.7. The van der Waals surface area contributed by atoms with E-state index in [2.05, 4.69) is 15.4 Å². The summed E-state index contributed by atoms with van der Waals surface area (Å²) in [6, 6.07) is 14.2. The molecule has 0 fully saturated rings. The third kappa shape index (κ3) is 3.14. The maximum atomic E-state index is 13.3. The first-order valence-corrected chi connectivity index (χ1v) is 9.98. The Bertz CT molecular complexity index is 1200. The molecule has 31 heavy (non-hydrogen) atoms. The lowest BCUT2D eigenvalue weighted by Gasteiger charge is -2.40. The Morgan fingerprint density at radius 2 is 1.77 bits per heavy atom. The number of fused-ring (bicyclic) bond motifs is 5. The number of hydrogen-bond donors (Lipinski definition) is 1. The van der Waals surface area contributed by atoms with Gasteiger partial charge in [0.15, 0.2) is 5.82 Å². The predicted octanol–water partition coefficient (Wildman–Crippen LogP) is 1.29. The van der Waals surface area contributed by atoms with E-state index in [1.54, 1.807) is 59.4 Å². The zero-order chi connectivity index (χ0) is 21.5. The van der Waals surface area contributed by atoms with Gasteiger partial charge in [0, 0.05) is 31.1 Å². The monoisotopic (exact) mass is 416 g/mol. The van der Waals surface area contributed by atoms with Crippen LogP contribution >= 0.6 is 0 Å². The molecule has 156 valence electrons. The number of nitrogens with one attached hydrogen (secondary N) is 1. The Labute approximate surface area is 178 Å². The van der Waals surface area contributed by atoms with Crippen LogP contribution in [-0.4, -0.2) is 50.5 Å². The van der Waals surface area contributed by atoms with Gasteiger partial charge in [0.25, 0.3) is 11.8 Å². The van der Waals surface area contributed by atoms with Crippen molar-refractivity contribution in [3.05, 3.63) is 77.4 Å². The molecule has 1 N–H and O–H groups in total. The Balaban J connectivity index is 1.40. The van der Waals surface area contributed by atoms with Crippen LogP contribution in [0.25, 0.3) is 0 Å². The van der Waals surface area contributed by atoms with Crippen molar-refractivity contribution in [3.63, 3.8) is 0 Å². The van der Waals surface area contributed by atoms with Gasteiger partial charge in [0.1, 0.15) is 19.0 Å². The molecule has 2 aromatic carbocycles. The minimum atomic E-state index is -0.644. The highest BCUT2D eigenvalue weighted by molar-refractivity contribution is 6.17. The molecule has 1 aromatic heterocycles. The lowest BCUT2D eigenvalue weighted by atomic mass is 10.0. The van der Waals surface area contributed by atoms with E-state index in [-0.39, 0.29) is 24.3 Å². The maximum Gasteiger partial charge on any atom is 0.260 e. The Morgan fingerprint density at radius 3 is 2.55 bits per heavy atom. The number of anilines is 1. The molecule has 0 bridgehead atoms. The Kier molecular flexibility index (Phi) is 4.50. The zero-order valence-corrected chi connectivity index (χ0v) is 16.9. The Morgan fingerprint density at radius 1 is 1.03 bits per heavy atom. The number of aryl methyl sites for hydroxylation is 1. The number of amides is 3. The summed E-state index contributed by atoms with van der Waals surface area (Å²) >= 11 is 0. The van der Waals surface area contributed by atoms with Crippen LogP contribution in [0.5, 0.6) is 0 Å². The van der Waals surface area contributed by atoms with Crippen LogP contribution < -0.4 is 10.2 Å². The molecule has 3 heterocycles. The van der Waals surface area contributed by atoms with E-state index in [9.17, 15) is 14.4 Å². The van der Waals surface area contributed by atoms with E-state index in [0.717, 1.165) is 5.56 Å². The molecule has 1 atom stereocenters. The largest absolute Gasteiger partial charge is 0.354 e. The molecular formula is C22H20N6O3. The van der Waals surface area contributed by atoms with Gasteiger partial charge in [-0.25, -0.2) is 4.98 Å². The van der Waals surface area contributed by atoms with Gasteiger partial charge in [0.2, 0.25) is 5.91 Å². The lowest BCUT2D eigenvalue weighted by molar-refractivity contribution is -0.122. The van der Waals surface area contributed by atoms with Crippen LogP contribution in [0, 0.1) is 0 Å². The number of benzene rings is 2. The third-order valence-electron chi connectivity index (χ3n) is 5.51. The number of nitrogens with zero attached hydrogens (tertiary/aromatic N) is 5. The zero-order valence-electron chi connectivity index (χ0n) is 16.9. The first-order valence-electron chi connectivity index (χ1n) is 9.98. The van der Waals surface area contributed by atoms with E-state index in [1.807, 2.05) is 12.1 Å². The van der Waals surface area contributed by atoms with Gasteiger partial charge < -0.3 is 10.2 Å². The third-order valence-corrected chi connectivity index (χ3v) is 5.51. The van der Waals surface area contributed by atoms with Crippen LogP contribution in [0.1, 0.15) is 38.3 Å². The van der Waals surface area contributed by atoms with E-state index in [0.29, 0.717) is 35.6 Å². The highest BCUT2D eigenvalue weighted by atomic mass is 16.2. The van der Waals surface area contributed by atoms with Gasteiger partial charge >= 0.3 is 0 Å².